The Labute approximate surface area is 771 Å². The Hall–Kier alpha value is -11.7. The summed E-state index contributed by atoms with van der Waals surface area (Å²) in [7, 11) is 7.55. The molecule has 4 aromatic heterocycles. The predicted octanol–water partition coefficient (Wildman–Crippen LogP) is 17.3. The average molecular weight is 1880 g/mol. The first-order valence-corrected chi connectivity index (χ1v) is 44.6. The number of methoxy groups -OCH3 is 1. The summed E-state index contributed by atoms with van der Waals surface area (Å²) in [6.07, 6.45) is -9.97. The number of nitrogens with one attached hydrogen (secondary N) is 1. The lowest BCUT2D eigenvalue weighted by Crippen LogP contribution is -2.63. The van der Waals surface area contributed by atoms with Crippen molar-refractivity contribution in [3.8, 4) is 22.6 Å². The third-order valence-corrected chi connectivity index (χ3v) is 27.9. The van der Waals surface area contributed by atoms with E-state index in [1.54, 1.807) is 69.0 Å². The lowest BCUT2D eigenvalue weighted by atomic mass is 9.79. The summed E-state index contributed by atoms with van der Waals surface area (Å²) in [6, 6.07) is 40.4. The monoisotopic (exact) mass is 1870 g/mol. The first-order valence-electron chi connectivity index (χ1n) is 44.6. The maximum atomic E-state index is 14.9. The molecule has 4 saturated heterocycles. The van der Waals surface area contributed by atoms with Crippen LogP contribution in [0.2, 0.25) is 0 Å². The van der Waals surface area contributed by atoms with E-state index in [9.17, 15) is 96.1 Å². The molecule has 0 atom stereocenters. The molecule has 8 aliphatic heterocycles. The van der Waals surface area contributed by atoms with Crippen molar-refractivity contribution in [1.29, 1.82) is 0 Å². The number of ketones is 4. The van der Waals surface area contributed by atoms with Gasteiger partial charge in [-0.3, -0.25) is 58.4 Å². The molecule has 0 aliphatic carbocycles. The summed E-state index contributed by atoms with van der Waals surface area (Å²) >= 11 is 0. The number of halogens is 12. The van der Waals surface area contributed by atoms with E-state index in [1.165, 1.54) is 84.7 Å². The van der Waals surface area contributed by atoms with Crippen molar-refractivity contribution in [3.63, 3.8) is 0 Å². The van der Waals surface area contributed by atoms with Crippen molar-refractivity contribution in [1.82, 2.24) is 57.9 Å². The van der Waals surface area contributed by atoms with Gasteiger partial charge in [0.15, 0.2) is 11.6 Å². The molecule has 0 radical (unpaired) electrons. The van der Waals surface area contributed by atoms with E-state index < -0.39 is 75.4 Å². The molecule has 2 N–H and O–H groups in total. The molecule has 5 aromatic carbocycles. The smallest absolute Gasteiger partial charge is 0.497 e. The number of carbonyl (C=O) groups excluding carboxylic acids is 8. The summed E-state index contributed by atoms with van der Waals surface area (Å²) < 4.78 is 176. The first-order chi connectivity index (χ1) is 62.8. The number of aliphatic hydroxyl groups is 1. The molecule has 0 unspecified atom stereocenters. The van der Waals surface area contributed by atoms with Gasteiger partial charge in [0.2, 0.25) is 0 Å². The standard InChI is InChI=1S/C28H27F4N3O2.C25H32FN3O3.C24H27F4N3O3.C22H24F3N3O3.2H2/c1-26(2)17-35-22(24(36)28(30,31)32)10-11-23(35)27(33-26)12-14-34(15-13-27)25(37)19-8-9-20(21(29)16-19)18-6-4-3-5-7-18;1-24(2,3)22(30)20-8-9-21-25(27(4)14-15-29(20)21)10-12-28(13-11-25)23(31)18-7-6-17(32-5)16-19(18)26;1-22(2,34)16-5-4-15(14-17(16)25)21(33)30-10-8-23(9-11-30)19-7-6-18(20(32)24(26,27)28)31(19)13-12-29(23)3;1-15(29)18-7-8-19-21(26(2)13-14-28(18)19)9-11-27(12-10-21)20(30)16-3-5-17(6-4-16)31-22(23,24)25;;/h3-11,16,33H,12-15,17H2,1-2H3;6-9,16H,10-15H2,1-5H3;4-7,14,34H,8-13H2,1-3H3;3-8H,9-14H2,1-2H3;2*1H. The number of aromatic nitrogens is 4. The van der Waals surface area contributed by atoms with Crippen molar-refractivity contribution in [2.45, 2.75) is 185 Å². The lowest BCUT2D eigenvalue weighted by molar-refractivity contribution is -0.274. The predicted molar refractivity (Wildman–Crippen MR) is 478 cm³/mol. The van der Waals surface area contributed by atoms with Gasteiger partial charge in [-0.1, -0.05) is 63.2 Å². The number of likely N-dealkylation sites (tertiary alicyclic amines) is 4. The number of ether oxygens (including phenoxy) is 2. The molecule has 4 amide bonds. The van der Waals surface area contributed by atoms with Crippen molar-refractivity contribution in [2.75, 3.05) is 100 Å². The third-order valence-electron chi connectivity index (χ3n) is 27.9. The van der Waals surface area contributed by atoms with Crippen LogP contribution < -0.4 is 14.8 Å². The highest BCUT2D eigenvalue weighted by Gasteiger charge is 2.53. The van der Waals surface area contributed by atoms with E-state index in [2.05, 4.69) is 54.0 Å². The fourth-order valence-electron chi connectivity index (χ4n) is 20.7. The Morgan fingerprint density at radius 3 is 1.20 bits per heavy atom. The van der Waals surface area contributed by atoms with Crippen LogP contribution in [0.4, 0.5) is 52.7 Å². The number of nitrogens with zero attached hydrogens (tertiary/aromatic N) is 11. The van der Waals surface area contributed by atoms with Gasteiger partial charge < -0.3 is 52.4 Å². The van der Waals surface area contributed by atoms with Crippen LogP contribution in [0.3, 0.4) is 0 Å². The molecule has 17 rings (SSSR count). The molecule has 720 valence electrons. The van der Waals surface area contributed by atoms with Crippen LogP contribution in [0.15, 0.2) is 158 Å². The van der Waals surface area contributed by atoms with Crippen LogP contribution in [0.25, 0.3) is 11.1 Å². The normalized spacial score (nSPS) is 18.6. The topological polar surface area (TPSA) is 230 Å². The minimum absolute atomic E-state index is 0. The molecule has 0 bridgehead atoms. The van der Waals surface area contributed by atoms with Crippen LogP contribution in [-0.2, 0) is 53.9 Å². The highest BCUT2D eigenvalue weighted by molar-refractivity contribution is 6.01. The Kier molecular flexibility index (Phi) is 27.3. The number of likely N-dealkylation sites (N-methyl/N-ethyl adjacent to an activating group) is 3. The Morgan fingerprint density at radius 1 is 0.403 bits per heavy atom. The van der Waals surface area contributed by atoms with E-state index in [0.717, 1.165) is 79.9 Å². The number of piperidine rings is 4. The second-order valence-electron chi connectivity index (χ2n) is 38.1. The molecule has 134 heavy (non-hydrogen) atoms. The fourth-order valence-corrected chi connectivity index (χ4v) is 20.7. The largest absolute Gasteiger partial charge is 0.573 e. The zero-order valence-electron chi connectivity index (χ0n) is 76.8. The summed E-state index contributed by atoms with van der Waals surface area (Å²) in [6.45, 7) is 21.6. The van der Waals surface area contributed by atoms with Gasteiger partial charge >= 0.3 is 18.7 Å². The van der Waals surface area contributed by atoms with Crippen molar-refractivity contribution < 1.29 is 108 Å². The van der Waals surface area contributed by atoms with Gasteiger partial charge in [-0.25, -0.2) is 13.2 Å². The molecule has 0 saturated carbocycles. The summed E-state index contributed by atoms with van der Waals surface area (Å²) in [5.41, 5.74) is 2.10. The van der Waals surface area contributed by atoms with Crippen molar-refractivity contribution in [3.05, 3.63) is 249 Å². The highest BCUT2D eigenvalue weighted by Crippen LogP contribution is 2.48. The number of hydrogen-bond acceptors (Lipinski definition) is 15. The van der Waals surface area contributed by atoms with Gasteiger partial charge in [-0.2, -0.15) is 26.3 Å². The van der Waals surface area contributed by atoms with Gasteiger partial charge in [0.1, 0.15) is 29.0 Å². The highest BCUT2D eigenvalue weighted by atomic mass is 19.4. The maximum Gasteiger partial charge on any atom is 0.573 e. The molecular formula is C99H114F12N12O11. The number of hydrogen-bond donors (Lipinski definition) is 2. The number of amides is 4. The fraction of sp³-hybridized carbons (Fsp3) is 0.455. The Balaban J connectivity index is 0.000000163. The van der Waals surface area contributed by atoms with Crippen LogP contribution in [0, 0.1) is 22.9 Å². The average Bonchev–Trinajstić information content (AvgIpc) is 1.54. The molecule has 12 heterocycles. The number of benzene rings is 5. The van der Waals surface area contributed by atoms with Crippen LogP contribution in [-0.4, -0.2) is 229 Å². The van der Waals surface area contributed by atoms with Gasteiger partial charge in [-0.05, 0) is 215 Å². The molecule has 4 spiro atoms. The molecule has 35 heteroatoms. The second-order valence-corrected chi connectivity index (χ2v) is 38.1. The number of rotatable bonds is 12. The summed E-state index contributed by atoms with van der Waals surface area (Å²) in [5.74, 6) is -6.38. The number of carbonyl (C=O) groups is 8. The van der Waals surface area contributed by atoms with Gasteiger partial charge in [-0.15, -0.1) is 13.2 Å². The minimum Gasteiger partial charge on any atom is -0.497 e. The van der Waals surface area contributed by atoms with Crippen molar-refractivity contribution >= 4 is 46.8 Å². The van der Waals surface area contributed by atoms with Gasteiger partial charge in [0, 0.05) is 176 Å². The number of fused-ring (bicyclic) bond motifs is 8. The molecular weight excluding hydrogens is 1760 g/mol. The zero-order valence-corrected chi connectivity index (χ0v) is 76.8. The maximum absolute atomic E-state index is 14.9. The van der Waals surface area contributed by atoms with Crippen molar-refractivity contribution in [2.24, 2.45) is 5.41 Å². The lowest BCUT2D eigenvalue weighted by Gasteiger charge is -2.51. The van der Waals surface area contributed by atoms with E-state index in [0.29, 0.717) is 131 Å². The molecule has 8 aliphatic rings. The van der Waals surface area contributed by atoms with Crippen LogP contribution in [0.5, 0.6) is 11.5 Å². The quantitative estimate of drug-likeness (QED) is 0.0856. The minimum atomic E-state index is -4.96. The van der Waals surface area contributed by atoms with E-state index in [1.807, 2.05) is 78.1 Å². The van der Waals surface area contributed by atoms with Crippen LogP contribution >= 0.6 is 0 Å². The zero-order chi connectivity index (χ0) is 97.3. The summed E-state index contributed by atoms with van der Waals surface area (Å²) in [4.78, 5) is 114. The molecule has 4 fully saturated rings. The molecule has 9 aromatic rings. The first kappa shape index (κ1) is 98.3. The number of Topliss-reactive ketones (excluding diaryl/α,β-unsaturated/α-hetero) is 4. The van der Waals surface area contributed by atoms with Gasteiger partial charge in [0.05, 0.1) is 63.2 Å². The van der Waals surface area contributed by atoms with Gasteiger partial charge in [0.25, 0.3) is 35.2 Å². The Bertz CT molecular complexity index is 5960. The van der Waals surface area contributed by atoms with E-state index >= 15 is 0 Å². The number of alkyl halides is 9. The molecule has 23 nitrogen and oxygen atoms in total. The summed E-state index contributed by atoms with van der Waals surface area (Å²) in [5, 5.41) is 13.6. The van der Waals surface area contributed by atoms with E-state index in [4.69, 9.17) is 4.74 Å². The van der Waals surface area contributed by atoms with Crippen LogP contribution in [0.1, 0.15) is 221 Å². The second kappa shape index (κ2) is 37.2. The SMILES string of the molecule is CC(=O)c1ccc2n1CCN(C)C21CCN(C(=O)c2ccc(OC(F)(F)F)cc2)CC1.CC1(C)Cn2c(C(=O)C(F)(F)F)ccc2C2(CCN(C(=O)c3ccc(-c4ccccc4)c(F)c3)CC2)N1.CN1CCn2c(C(=O)C(F)(F)F)ccc2C12CCN(C(=O)c1ccc(C(C)(C)O)c(F)c1)CC2.COc1ccc(C(=O)N2CCC3(CC2)c2ccc(C(=O)C(C)(C)C)n2CCN3C)c(F)c1.[HH].[HH]. The Morgan fingerprint density at radius 2 is 0.791 bits per heavy atom. The van der Waals surface area contributed by atoms with E-state index in [-0.39, 0.29) is 102 Å². The third kappa shape index (κ3) is 19.5.